The molecule has 124 valence electrons. The summed E-state index contributed by atoms with van der Waals surface area (Å²) in [5, 5.41) is 0. The maximum Gasteiger partial charge on any atom is 0.309 e. The molecule has 0 radical (unpaired) electrons. The van der Waals surface area contributed by atoms with Gasteiger partial charge in [-0.2, -0.15) is 0 Å². The normalized spacial score (nSPS) is 53.5. The minimum Gasteiger partial charge on any atom is -0.469 e. The monoisotopic (exact) mass is 304 g/mol. The first-order valence-corrected chi connectivity index (χ1v) is 9.58. The van der Waals surface area contributed by atoms with Crippen LogP contribution in [0.25, 0.3) is 0 Å². The van der Waals surface area contributed by atoms with Crippen LogP contribution in [-0.2, 0) is 9.53 Å². The van der Waals surface area contributed by atoms with Gasteiger partial charge in [0, 0.05) is 0 Å². The Kier molecular flexibility index (Phi) is 3.40. The molecule has 0 heterocycles. The lowest BCUT2D eigenvalue weighted by Gasteiger charge is -2.66. The zero-order chi connectivity index (χ0) is 15.5. The molecule has 4 rings (SSSR count). The highest BCUT2D eigenvalue weighted by Crippen LogP contribution is 2.69. The summed E-state index contributed by atoms with van der Waals surface area (Å²) in [4.78, 5) is 12.1. The molecule has 0 aromatic carbocycles. The summed E-state index contributed by atoms with van der Waals surface area (Å²) in [5.41, 5.74) is 0.852. The summed E-state index contributed by atoms with van der Waals surface area (Å²) < 4.78 is 5.07. The Labute approximate surface area is 135 Å². The number of ether oxygens (including phenoxy) is 1. The van der Waals surface area contributed by atoms with Crippen LogP contribution in [0.3, 0.4) is 0 Å². The number of methoxy groups -OCH3 is 1. The maximum absolute atomic E-state index is 12.1. The Balaban J connectivity index is 1.57. The third-order valence-electron chi connectivity index (χ3n) is 8.79. The van der Waals surface area contributed by atoms with Gasteiger partial charge >= 0.3 is 5.97 Å². The number of esters is 1. The first-order valence-electron chi connectivity index (χ1n) is 9.58. The van der Waals surface area contributed by atoms with Crippen molar-refractivity contribution in [3.63, 3.8) is 0 Å². The van der Waals surface area contributed by atoms with Crippen LogP contribution in [0.1, 0.15) is 71.6 Å². The lowest BCUT2D eigenvalue weighted by Crippen LogP contribution is -2.61. The molecule has 0 aromatic heterocycles. The molecule has 4 fully saturated rings. The van der Waals surface area contributed by atoms with Crippen LogP contribution in [0.2, 0.25) is 0 Å². The van der Waals surface area contributed by atoms with Gasteiger partial charge in [-0.1, -0.05) is 26.7 Å². The first kappa shape index (κ1) is 15.0. The Morgan fingerprint density at radius 3 is 2.55 bits per heavy atom. The highest BCUT2D eigenvalue weighted by Gasteiger charge is 2.64. The van der Waals surface area contributed by atoms with E-state index in [0.717, 1.165) is 30.1 Å². The van der Waals surface area contributed by atoms with Crippen LogP contribution >= 0.6 is 0 Å². The van der Waals surface area contributed by atoms with Crippen molar-refractivity contribution in [3.05, 3.63) is 0 Å². The number of fused-ring (bicyclic) bond motifs is 5. The van der Waals surface area contributed by atoms with E-state index in [2.05, 4.69) is 13.8 Å². The zero-order valence-electron chi connectivity index (χ0n) is 14.6. The summed E-state index contributed by atoms with van der Waals surface area (Å²) in [6.45, 7) is 5.00. The molecule has 0 bridgehead atoms. The van der Waals surface area contributed by atoms with Crippen molar-refractivity contribution >= 4 is 5.97 Å². The second-order valence-electron chi connectivity index (χ2n) is 9.26. The van der Waals surface area contributed by atoms with E-state index in [-0.39, 0.29) is 17.3 Å². The van der Waals surface area contributed by atoms with E-state index in [1.165, 1.54) is 51.4 Å². The lowest BCUT2D eigenvalue weighted by atomic mass is 9.38. The molecular formula is C20H32O2. The van der Waals surface area contributed by atoms with Crippen LogP contribution in [0.4, 0.5) is 0 Å². The maximum atomic E-state index is 12.1. The Bertz CT molecular complexity index is 472. The predicted molar refractivity (Wildman–Crippen MR) is 87.2 cm³/mol. The Morgan fingerprint density at radius 2 is 1.77 bits per heavy atom. The van der Waals surface area contributed by atoms with Gasteiger partial charge in [-0.3, -0.25) is 4.79 Å². The number of hydrogen-bond acceptors (Lipinski definition) is 2. The molecule has 4 saturated carbocycles. The number of hydrogen-bond donors (Lipinski definition) is 0. The molecule has 22 heavy (non-hydrogen) atoms. The second-order valence-corrected chi connectivity index (χ2v) is 9.26. The number of rotatable bonds is 1. The Morgan fingerprint density at radius 1 is 0.955 bits per heavy atom. The largest absolute Gasteiger partial charge is 0.469 e. The fraction of sp³-hybridized carbons (Fsp3) is 0.950. The smallest absolute Gasteiger partial charge is 0.309 e. The van der Waals surface area contributed by atoms with Crippen LogP contribution in [0.5, 0.6) is 0 Å². The molecule has 4 aliphatic rings. The van der Waals surface area contributed by atoms with Crippen molar-refractivity contribution in [1.29, 1.82) is 0 Å². The lowest BCUT2D eigenvalue weighted by molar-refractivity contribution is -0.199. The fourth-order valence-corrected chi connectivity index (χ4v) is 7.39. The molecular weight excluding hydrogens is 272 g/mol. The van der Waals surface area contributed by atoms with Gasteiger partial charge in [0.05, 0.1) is 13.0 Å². The minimum absolute atomic E-state index is 0.0507. The van der Waals surface area contributed by atoms with Gasteiger partial charge in [0.15, 0.2) is 0 Å². The molecule has 2 heteroatoms. The summed E-state index contributed by atoms with van der Waals surface area (Å²) in [6, 6.07) is 0. The van der Waals surface area contributed by atoms with Crippen LogP contribution in [-0.4, -0.2) is 13.1 Å². The van der Waals surface area contributed by atoms with E-state index < -0.39 is 0 Å². The van der Waals surface area contributed by atoms with Gasteiger partial charge in [-0.25, -0.2) is 0 Å². The first-order chi connectivity index (χ1) is 10.5. The second kappa shape index (κ2) is 4.98. The third kappa shape index (κ3) is 1.82. The average Bonchev–Trinajstić information content (AvgIpc) is 2.50. The van der Waals surface area contributed by atoms with E-state index in [9.17, 15) is 4.79 Å². The summed E-state index contributed by atoms with van der Waals surface area (Å²) in [5.74, 6) is 3.83. The summed E-state index contributed by atoms with van der Waals surface area (Å²) in [6.07, 6.45) is 12.4. The van der Waals surface area contributed by atoms with E-state index in [0.29, 0.717) is 5.41 Å². The van der Waals surface area contributed by atoms with Crippen LogP contribution < -0.4 is 0 Å². The van der Waals surface area contributed by atoms with E-state index in [1.807, 2.05) is 0 Å². The molecule has 0 N–H and O–H groups in total. The number of carbonyl (C=O) groups excluding carboxylic acids is 1. The van der Waals surface area contributed by atoms with Crippen molar-refractivity contribution < 1.29 is 9.53 Å². The summed E-state index contributed by atoms with van der Waals surface area (Å²) in [7, 11) is 1.55. The van der Waals surface area contributed by atoms with Crippen molar-refractivity contribution in [2.75, 3.05) is 7.11 Å². The molecule has 0 unspecified atom stereocenters. The van der Waals surface area contributed by atoms with Crippen molar-refractivity contribution in [2.24, 2.45) is 40.4 Å². The summed E-state index contributed by atoms with van der Waals surface area (Å²) >= 11 is 0. The average molecular weight is 304 g/mol. The molecule has 2 nitrogen and oxygen atoms in total. The van der Waals surface area contributed by atoms with Gasteiger partial charge in [0.2, 0.25) is 0 Å². The highest BCUT2D eigenvalue weighted by molar-refractivity contribution is 5.74. The van der Waals surface area contributed by atoms with Gasteiger partial charge < -0.3 is 4.74 Å². The van der Waals surface area contributed by atoms with E-state index in [1.54, 1.807) is 7.11 Å². The van der Waals surface area contributed by atoms with E-state index >= 15 is 0 Å². The number of carbonyl (C=O) groups is 1. The topological polar surface area (TPSA) is 26.3 Å². The van der Waals surface area contributed by atoms with Gasteiger partial charge in [0.25, 0.3) is 0 Å². The van der Waals surface area contributed by atoms with Crippen molar-refractivity contribution in [2.45, 2.75) is 71.6 Å². The van der Waals surface area contributed by atoms with Crippen molar-refractivity contribution in [1.82, 2.24) is 0 Å². The molecule has 7 atom stereocenters. The van der Waals surface area contributed by atoms with Gasteiger partial charge in [-0.05, 0) is 79.4 Å². The van der Waals surface area contributed by atoms with Gasteiger partial charge in [0.1, 0.15) is 0 Å². The van der Waals surface area contributed by atoms with Crippen molar-refractivity contribution in [3.8, 4) is 0 Å². The molecule has 0 amide bonds. The highest BCUT2D eigenvalue weighted by atomic mass is 16.5. The third-order valence-corrected chi connectivity index (χ3v) is 8.79. The van der Waals surface area contributed by atoms with Gasteiger partial charge in [-0.15, -0.1) is 0 Å². The standard InChI is InChI=1S/C20H32O2/c1-19-10-5-4-6-13(19)7-8-14-15(19)9-11-20(2)16(14)12-17(20)18(21)22-3/h13-17H,4-12H2,1-3H3/t13-,14-,15+,16+,17-,19+,20+/m1/s1. The quantitative estimate of drug-likeness (QED) is 0.649. The molecule has 0 saturated heterocycles. The zero-order valence-corrected chi connectivity index (χ0v) is 14.6. The fourth-order valence-electron chi connectivity index (χ4n) is 7.39. The molecule has 0 aromatic rings. The molecule has 0 spiro atoms. The Hall–Kier alpha value is -0.530. The van der Waals surface area contributed by atoms with E-state index in [4.69, 9.17) is 4.74 Å². The minimum atomic E-state index is 0.0507. The van der Waals surface area contributed by atoms with Crippen LogP contribution in [0, 0.1) is 40.4 Å². The predicted octanol–water partition coefficient (Wildman–Crippen LogP) is 4.82. The SMILES string of the molecule is COC(=O)[C@H]1C[C@H]2[C@@H]3CC[C@H]4CCCC[C@]4(C)[C@H]3CC[C@]12C. The molecule has 0 aliphatic heterocycles. The molecule has 4 aliphatic carbocycles. The van der Waals surface area contributed by atoms with Crippen LogP contribution in [0.15, 0.2) is 0 Å².